The van der Waals surface area contributed by atoms with E-state index in [0.717, 1.165) is 19.4 Å². The number of nitrogens with one attached hydrogen (secondary N) is 1. The molecule has 0 spiro atoms. The number of methoxy groups -OCH3 is 1. The minimum atomic E-state index is -0.305. The average molecular weight is 251 g/mol. The zero-order valence-electron chi connectivity index (χ0n) is 11.0. The number of esters is 1. The monoisotopic (exact) mass is 251 g/mol. The molecule has 0 aliphatic rings. The summed E-state index contributed by atoms with van der Waals surface area (Å²) in [6, 6.07) is 7.45. The van der Waals surface area contributed by atoms with Gasteiger partial charge in [0.05, 0.1) is 18.8 Å². The molecule has 0 heterocycles. The van der Waals surface area contributed by atoms with Crippen LogP contribution in [0.1, 0.15) is 29.3 Å². The van der Waals surface area contributed by atoms with Gasteiger partial charge in [0.1, 0.15) is 0 Å². The molecule has 1 aromatic carbocycles. The van der Waals surface area contributed by atoms with Crippen molar-refractivity contribution >= 4 is 5.97 Å². The van der Waals surface area contributed by atoms with Gasteiger partial charge in [0.2, 0.25) is 0 Å². The summed E-state index contributed by atoms with van der Waals surface area (Å²) >= 11 is 0. The standard InChI is InChI=1S/C14H21NO3/c1-11(16)10-15-9-3-4-12-5-7-13(8-6-12)14(17)18-2/h5-8,11,15-16H,3-4,9-10H2,1-2H3. The van der Waals surface area contributed by atoms with Crippen molar-refractivity contribution < 1.29 is 14.6 Å². The van der Waals surface area contributed by atoms with E-state index in [1.165, 1.54) is 12.7 Å². The SMILES string of the molecule is COC(=O)c1ccc(CCCNCC(C)O)cc1. The Kier molecular flexibility index (Phi) is 6.39. The third-order valence-electron chi connectivity index (χ3n) is 2.63. The van der Waals surface area contributed by atoms with Gasteiger partial charge in [0, 0.05) is 6.54 Å². The van der Waals surface area contributed by atoms with E-state index in [9.17, 15) is 4.79 Å². The predicted molar refractivity (Wildman–Crippen MR) is 70.7 cm³/mol. The van der Waals surface area contributed by atoms with Gasteiger partial charge in [-0.15, -0.1) is 0 Å². The van der Waals surface area contributed by atoms with Gasteiger partial charge < -0.3 is 15.2 Å². The third-order valence-corrected chi connectivity index (χ3v) is 2.63. The lowest BCUT2D eigenvalue weighted by Gasteiger charge is -2.07. The van der Waals surface area contributed by atoms with Crippen LogP contribution in [0.4, 0.5) is 0 Å². The van der Waals surface area contributed by atoms with Gasteiger partial charge in [0.15, 0.2) is 0 Å². The summed E-state index contributed by atoms with van der Waals surface area (Å²) in [6.45, 7) is 3.27. The molecule has 0 saturated carbocycles. The fraction of sp³-hybridized carbons (Fsp3) is 0.500. The molecule has 1 rings (SSSR count). The Balaban J connectivity index is 2.29. The zero-order valence-corrected chi connectivity index (χ0v) is 11.0. The number of carbonyl (C=O) groups excluding carboxylic acids is 1. The minimum absolute atomic E-state index is 0.302. The molecule has 0 aliphatic heterocycles. The van der Waals surface area contributed by atoms with Crippen molar-refractivity contribution in [3.8, 4) is 0 Å². The summed E-state index contributed by atoms with van der Waals surface area (Å²) in [5, 5.41) is 12.2. The van der Waals surface area contributed by atoms with Crippen LogP contribution in [0.2, 0.25) is 0 Å². The molecule has 0 bridgehead atoms. The van der Waals surface area contributed by atoms with Gasteiger partial charge in [0.25, 0.3) is 0 Å². The largest absolute Gasteiger partial charge is 0.465 e. The number of aliphatic hydroxyl groups excluding tert-OH is 1. The van der Waals surface area contributed by atoms with Gasteiger partial charge in [-0.3, -0.25) is 0 Å². The average Bonchev–Trinajstić information content (AvgIpc) is 2.38. The number of ether oxygens (including phenoxy) is 1. The predicted octanol–water partition coefficient (Wildman–Crippen LogP) is 1.38. The summed E-state index contributed by atoms with van der Waals surface area (Å²) < 4.78 is 4.64. The zero-order chi connectivity index (χ0) is 13.4. The van der Waals surface area contributed by atoms with E-state index in [2.05, 4.69) is 10.1 Å². The van der Waals surface area contributed by atoms with Crippen molar-refractivity contribution in [1.82, 2.24) is 5.32 Å². The molecule has 1 aromatic rings. The molecule has 0 radical (unpaired) electrons. The summed E-state index contributed by atoms with van der Waals surface area (Å²) in [6.07, 6.45) is 1.66. The normalized spacial score (nSPS) is 12.2. The lowest BCUT2D eigenvalue weighted by atomic mass is 10.1. The first-order valence-corrected chi connectivity index (χ1v) is 6.19. The molecule has 4 nitrogen and oxygen atoms in total. The molecule has 0 saturated heterocycles. The summed E-state index contributed by atoms with van der Waals surface area (Å²) in [5.74, 6) is -0.305. The fourth-order valence-corrected chi connectivity index (χ4v) is 1.65. The minimum Gasteiger partial charge on any atom is -0.465 e. The molecular weight excluding hydrogens is 230 g/mol. The van der Waals surface area contributed by atoms with Crippen LogP contribution in [0.15, 0.2) is 24.3 Å². The van der Waals surface area contributed by atoms with E-state index in [1.807, 2.05) is 12.1 Å². The lowest BCUT2D eigenvalue weighted by molar-refractivity contribution is 0.0600. The number of carbonyl (C=O) groups is 1. The van der Waals surface area contributed by atoms with E-state index < -0.39 is 0 Å². The van der Waals surface area contributed by atoms with Crippen LogP contribution in [-0.4, -0.2) is 37.4 Å². The van der Waals surface area contributed by atoms with E-state index in [0.29, 0.717) is 12.1 Å². The Morgan fingerprint density at radius 1 is 1.39 bits per heavy atom. The maximum atomic E-state index is 11.2. The van der Waals surface area contributed by atoms with Gasteiger partial charge in [-0.05, 0) is 44.0 Å². The highest BCUT2D eigenvalue weighted by Gasteiger charge is 2.04. The molecule has 0 aliphatic carbocycles. The van der Waals surface area contributed by atoms with E-state index >= 15 is 0 Å². The van der Waals surface area contributed by atoms with Crippen molar-refractivity contribution in [2.45, 2.75) is 25.9 Å². The van der Waals surface area contributed by atoms with Gasteiger partial charge >= 0.3 is 5.97 Å². The van der Waals surface area contributed by atoms with Crippen LogP contribution in [0.25, 0.3) is 0 Å². The number of rotatable bonds is 7. The summed E-state index contributed by atoms with van der Waals surface area (Å²) in [7, 11) is 1.38. The van der Waals surface area contributed by atoms with Crippen molar-refractivity contribution in [3.05, 3.63) is 35.4 Å². The number of hydrogen-bond acceptors (Lipinski definition) is 4. The molecule has 0 fully saturated rings. The molecule has 4 heteroatoms. The van der Waals surface area contributed by atoms with Crippen LogP contribution in [-0.2, 0) is 11.2 Å². The van der Waals surface area contributed by atoms with E-state index in [4.69, 9.17) is 5.11 Å². The first-order chi connectivity index (χ1) is 8.63. The number of hydrogen-bond donors (Lipinski definition) is 2. The lowest BCUT2D eigenvalue weighted by Crippen LogP contribution is -2.25. The molecule has 1 unspecified atom stereocenters. The van der Waals surface area contributed by atoms with Gasteiger partial charge in [-0.25, -0.2) is 4.79 Å². The second-order valence-electron chi connectivity index (χ2n) is 4.35. The number of aryl methyl sites for hydroxylation is 1. The molecule has 0 aromatic heterocycles. The van der Waals surface area contributed by atoms with Crippen molar-refractivity contribution in [3.63, 3.8) is 0 Å². The van der Waals surface area contributed by atoms with E-state index in [-0.39, 0.29) is 12.1 Å². The molecule has 18 heavy (non-hydrogen) atoms. The van der Waals surface area contributed by atoms with Crippen molar-refractivity contribution in [1.29, 1.82) is 0 Å². The first-order valence-electron chi connectivity index (χ1n) is 6.19. The topological polar surface area (TPSA) is 58.6 Å². The molecule has 100 valence electrons. The maximum absolute atomic E-state index is 11.2. The number of aliphatic hydroxyl groups is 1. The third kappa shape index (κ3) is 5.29. The Morgan fingerprint density at radius 2 is 2.06 bits per heavy atom. The second kappa shape index (κ2) is 7.84. The molecule has 2 N–H and O–H groups in total. The number of benzene rings is 1. The van der Waals surface area contributed by atoms with Crippen LogP contribution < -0.4 is 5.32 Å². The second-order valence-corrected chi connectivity index (χ2v) is 4.35. The van der Waals surface area contributed by atoms with Gasteiger partial charge in [-0.1, -0.05) is 12.1 Å². The maximum Gasteiger partial charge on any atom is 0.337 e. The highest BCUT2D eigenvalue weighted by molar-refractivity contribution is 5.89. The quantitative estimate of drug-likeness (QED) is 0.568. The summed E-state index contributed by atoms with van der Waals surface area (Å²) in [4.78, 5) is 11.2. The summed E-state index contributed by atoms with van der Waals surface area (Å²) in [5.41, 5.74) is 1.77. The smallest absolute Gasteiger partial charge is 0.337 e. The van der Waals surface area contributed by atoms with Crippen LogP contribution in [0.3, 0.4) is 0 Å². The van der Waals surface area contributed by atoms with Crippen molar-refractivity contribution in [2.24, 2.45) is 0 Å². The fourth-order valence-electron chi connectivity index (χ4n) is 1.65. The van der Waals surface area contributed by atoms with Gasteiger partial charge in [-0.2, -0.15) is 0 Å². The highest BCUT2D eigenvalue weighted by atomic mass is 16.5. The van der Waals surface area contributed by atoms with Crippen LogP contribution >= 0.6 is 0 Å². The highest BCUT2D eigenvalue weighted by Crippen LogP contribution is 2.07. The Bertz CT molecular complexity index is 360. The Morgan fingerprint density at radius 3 is 2.61 bits per heavy atom. The van der Waals surface area contributed by atoms with Crippen LogP contribution in [0, 0.1) is 0 Å². The Hall–Kier alpha value is -1.39. The molecule has 0 amide bonds. The van der Waals surface area contributed by atoms with Crippen LogP contribution in [0.5, 0.6) is 0 Å². The van der Waals surface area contributed by atoms with E-state index in [1.54, 1.807) is 19.1 Å². The molecular formula is C14H21NO3. The molecule has 1 atom stereocenters. The first kappa shape index (κ1) is 14.7. The Labute approximate surface area is 108 Å². The van der Waals surface area contributed by atoms with Crippen molar-refractivity contribution in [2.75, 3.05) is 20.2 Å².